The zero-order valence-corrected chi connectivity index (χ0v) is 64.1. The maximum Gasteiger partial charge on any atom is 0.240 e. The van der Waals surface area contributed by atoms with Crippen LogP contribution in [-0.2, 0) is 0 Å². The molecule has 0 bridgehead atoms. The topological polar surface area (TPSA) is 102 Å². The van der Waals surface area contributed by atoms with Gasteiger partial charge in [0, 0.05) is 93.2 Å². The first-order valence-corrected chi connectivity index (χ1v) is 40.2. The minimum absolute atomic E-state index is 0.466. The molecule has 11 nitrogen and oxygen atoms in total. The molecule has 0 unspecified atom stereocenters. The van der Waals surface area contributed by atoms with Crippen LogP contribution in [0.3, 0.4) is 0 Å². The van der Waals surface area contributed by atoms with Gasteiger partial charge in [0.15, 0.2) is 23.3 Å². The number of nitrogens with zero attached hydrogens (tertiary/aromatic N) is 11. The third-order valence-corrected chi connectivity index (χ3v) is 23.8. The summed E-state index contributed by atoms with van der Waals surface area (Å²) in [6.45, 7) is 0. The lowest BCUT2D eigenvalue weighted by Gasteiger charge is -2.15. The van der Waals surface area contributed by atoms with Crippen LogP contribution < -0.4 is 0 Å². The second-order valence-electron chi connectivity index (χ2n) is 30.5. The molecule has 7 heterocycles. The monoisotopic (exact) mass is 1520 g/mol. The summed E-state index contributed by atoms with van der Waals surface area (Å²) < 4.78 is 11.8. The molecule has 119 heavy (non-hydrogen) atoms. The van der Waals surface area contributed by atoms with Gasteiger partial charge in [-0.1, -0.05) is 322 Å². The van der Waals surface area contributed by atoms with Gasteiger partial charge in [0.25, 0.3) is 0 Å². The Morgan fingerprint density at radius 2 is 0.420 bits per heavy atom. The summed E-state index contributed by atoms with van der Waals surface area (Å²) in [4.78, 5) is 33.5. The van der Waals surface area contributed by atoms with Crippen molar-refractivity contribution in [2.45, 2.75) is 0 Å². The number of hydrogen-bond acceptors (Lipinski definition) is 6. The Morgan fingerprint density at radius 3 is 0.916 bits per heavy atom. The molecule has 24 rings (SSSR count). The van der Waals surface area contributed by atoms with Gasteiger partial charge in [-0.05, 0) is 129 Å². The van der Waals surface area contributed by atoms with Crippen LogP contribution >= 0.6 is 0 Å². The molecule has 11 heteroatoms. The summed E-state index contributed by atoms with van der Waals surface area (Å²) in [5.74, 6) is 3.19. The minimum Gasteiger partial charge on any atom is -0.309 e. The lowest BCUT2D eigenvalue weighted by Crippen LogP contribution is -2.11. The normalized spacial score (nSPS) is 11.9. The number of benzene rings is 17. The molecule has 0 saturated carbocycles. The average molecular weight is 1520 g/mol. The highest BCUT2D eigenvalue weighted by Crippen LogP contribution is 2.47. The van der Waals surface area contributed by atoms with E-state index in [-0.39, 0.29) is 0 Å². The molecule has 0 aliphatic carbocycles. The number of para-hydroxylation sites is 7. The van der Waals surface area contributed by atoms with Crippen LogP contribution in [0.25, 0.3) is 228 Å². The van der Waals surface area contributed by atoms with Crippen LogP contribution in [0.15, 0.2) is 406 Å². The molecule has 0 atom stereocenters. The van der Waals surface area contributed by atoms with E-state index in [4.69, 9.17) is 29.9 Å². The van der Waals surface area contributed by atoms with Crippen LogP contribution in [0.4, 0.5) is 0 Å². The molecule has 0 aliphatic heterocycles. The molecule has 554 valence electrons. The molecule has 24 aromatic rings. The van der Waals surface area contributed by atoms with E-state index in [0.29, 0.717) is 35.2 Å². The minimum atomic E-state index is 0.466. The van der Waals surface area contributed by atoms with E-state index < -0.39 is 0 Å². The predicted octanol–water partition coefficient (Wildman–Crippen LogP) is 26.9. The van der Waals surface area contributed by atoms with Gasteiger partial charge in [0.2, 0.25) is 11.9 Å². The van der Waals surface area contributed by atoms with Gasteiger partial charge in [0.1, 0.15) is 0 Å². The van der Waals surface area contributed by atoms with Crippen molar-refractivity contribution in [3.8, 4) is 119 Å². The van der Waals surface area contributed by atoms with E-state index in [1.54, 1.807) is 0 Å². The van der Waals surface area contributed by atoms with Gasteiger partial charge in [0.05, 0.1) is 55.2 Å². The Hall–Kier alpha value is -16.2. The Labute approximate surface area is 682 Å². The molecule has 17 aromatic carbocycles. The van der Waals surface area contributed by atoms with Gasteiger partial charge < -0.3 is 13.7 Å². The fourth-order valence-electron chi connectivity index (χ4n) is 18.5. The first-order valence-electron chi connectivity index (χ1n) is 40.2. The zero-order valence-electron chi connectivity index (χ0n) is 64.1. The van der Waals surface area contributed by atoms with Crippen LogP contribution in [-0.4, -0.2) is 52.7 Å². The fourth-order valence-corrected chi connectivity index (χ4v) is 18.5. The standard InChI is InChI=1S/C108H67N11/c1-6-28-68(29-7-1)69-50-54-73(55-51-69)105-112-107(118-96-49-27-22-43-84(96)88-61-60-86-82-41-20-25-47-94(82)116(99(86)101(88)118)77-34-12-4-13-35-77)114-108(113-105)119-98-64-58-74(66-92(98)89-63-62-87-83-42-21-26-48-95(83)117(100(87)102(89)119)78-36-14-5-15-37-78)70-52-56-72(57-53-70)104-109-103(71-30-8-2-9-31-71)110-106(111-104)90-45-19-18-40-81(90)80-39-17-16-38-79(80)75-59-65-97-91(67-75)85-44-23-24-46-93(85)115(97)76-32-10-3-11-33-76/h1-67H. The van der Waals surface area contributed by atoms with Gasteiger partial charge in [-0.2, -0.15) is 15.0 Å². The molecule has 0 amide bonds. The van der Waals surface area contributed by atoms with Crippen molar-refractivity contribution < 1.29 is 0 Å². The Balaban J connectivity index is 0.690. The number of aromatic nitrogens is 11. The highest BCUT2D eigenvalue weighted by molar-refractivity contribution is 6.26. The summed E-state index contributed by atoms with van der Waals surface area (Å²) in [6, 6.07) is 145. The lowest BCUT2D eigenvalue weighted by molar-refractivity contribution is 0.893. The largest absolute Gasteiger partial charge is 0.309 e. The lowest BCUT2D eigenvalue weighted by atomic mass is 9.91. The highest BCUT2D eigenvalue weighted by atomic mass is 15.3. The molecule has 0 fully saturated rings. The molecule has 0 saturated heterocycles. The van der Waals surface area contributed by atoms with E-state index in [0.717, 1.165) is 177 Å². The maximum atomic E-state index is 5.94. The quantitative estimate of drug-likeness (QED) is 0.114. The van der Waals surface area contributed by atoms with Gasteiger partial charge >= 0.3 is 0 Å². The first-order chi connectivity index (χ1) is 59.0. The third kappa shape index (κ3) is 10.8. The Kier molecular flexibility index (Phi) is 15.4. The maximum absolute atomic E-state index is 5.94. The van der Waals surface area contributed by atoms with Crippen LogP contribution in [0.1, 0.15) is 0 Å². The SMILES string of the molecule is c1ccc(-c2ccc(-c3nc(-n4c5ccccc5c5ccc6c7ccccc7n(-c7ccccc7)c6c54)nc(-n4c5ccc(-c6ccc(-c7nc(-c8ccccc8)nc(-c8ccccc8-c8ccccc8-c8ccc9c(c8)c8ccccc8n9-c8ccccc8)n7)cc6)cc5c5ccc6c7ccccc7n(-c7ccccc7)c6c54)n3)cc2)cc1. The zero-order chi connectivity index (χ0) is 78.2. The van der Waals surface area contributed by atoms with Crippen LogP contribution in [0.5, 0.6) is 0 Å². The molecular formula is C108H67N11. The van der Waals surface area contributed by atoms with E-state index in [1.165, 1.54) is 16.3 Å². The molecule has 0 aliphatic rings. The van der Waals surface area contributed by atoms with Crippen molar-refractivity contribution in [1.29, 1.82) is 0 Å². The van der Waals surface area contributed by atoms with E-state index in [9.17, 15) is 0 Å². The Bertz CT molecular complexity index is 8190. The van der Waals surface area contributed by atoms with Crippen molar-refractivity contribution in [3.05, 3.63) is 406 Å². The van der Waals surface area contributed by atoms with Gasteiger partial charge in [-0.25, -0.2) is 15.0 Å². The third-order valence-electron chi connectivity index (χ3n) is 23.8. The van der Waals surface area contributed by atoms with E-state index in [1.807, 2.05) is 18.2 Å². The molecule has 0 radical (unpaired) electrons. The smallest absolute Gasteiger partial charge is 0.240 e. The summed E-state index contributed by atoms with van der Waals surface area (Å²) in [5.41, 5.74) is 25.7. The molecule has 7 aromatic heterocycles. The molecule has 0 N–H and O–H groups in total. The predicted molar refractivity (Wildman–Crippen MR) is 488 cm³/mol. The van der Waals surface area contributed by atoms with E-state index in [2.05, 4.69) is 411 Å². The fraction of sp³-hybridized carbons (Fsp3) is 0. The van der Waals surface area contributed by atoms with Crippen molar-refractivity contribution in [2.24, 2.45) is 0 Å². The summed E-state index contributed by atoms with van der Waals surface area (Å²) >= 11 is 0. The first kappa shape index (κ1) is 67.3. The van der Waals surface area contributed by atoms with Gasteiger partial charge in [-0.3, -0.25) is 9.13 Å². The van der Waals surface area contributed by atoms with Crippen molar-refractivity contribution >= 4 is 109 Å². The van der Waals surface area contributed by atoms with Gasteiger partial charge in [-0.15, -0.1) is 0 Å². The summed E-state index contributed by atoms with van der Waals surface area (Å²) in [5, 5.41) is 11.1. The molecule has 0 spiro atoms. The van der Waals surface area contributed by atoms with Crippen molar-refractivity contribution in [3.63, 3.8) is 0 Å². The number of fused-ring (bicyclic) bond motifs is 17. The van der Waals surface area contributed by atoms with Crippen LogP contribution in [0.2, 0.25) is 0 Å². The number of hydrogen-bond donors (Lipinski definition) is 0. The average Bonchev–Trinajstić information content (AvgIpc) is 1.55. The molecular weight excluding hydrogens is 1450 g/mol. The second kappa shape index (κ2) is 27.2. The van der Waals surface area contributed by atoms with Crippen molar-refractivity contribution in [2.75, 3.05) is 0 Å². The van der Waals surface area contributed by atoms with E-state index >= 15 is 0 Å². The summed E-state index contributed by atoms with van der Waals surface area (Å²) in [7, 11) is 0. The second-order valence-corrected chi connectivity index (χ2v) is 30.5. The van der Waals surface area contributed by atoms with Crippen molar-refractivity contribution in [1.82, 2.24) is 52.7 Å². The Morgan fingerprint density at radius 1 is 0.143 bits per heavy atom. The highest BCUT2D eigenvalue weighted by Gasteiger charge is 2.29. The van der Waals surface area contributed by atoms with Crippen LogP contribution in [0, 0.1) is 0 Å². The number of rotatable bonds is 13. The summed E-state index contributed by atoms with van der Waals surface area (Å²) in [6.07, 6.45) is 0.